The number of thioether (sulfide) groups is 1. The first-order valence-electron chi connectivity index (χ1n) is 7.87. The molecule has 0 bridgehead atoms. The molecule has 1 aliphatic rings. The van der Waals surface area contributed by atoms with Crippen molar-refractivity contribution >= 4 is 11.8 Å². The average molecular weight is 309 g/mol. The molecule has 0 amide bonds. The van der Waals surface area contributed by atoms with Crippen molar-refractivity contribution in [1.82, 2.24) is 5.32 Å². The van der Waals surface area contributed by atoms with Crippen LogP contribution in [0.25, 0.3) is 0 Å². The van der Waals surface area contributed by atoms with E-state index in [0.717, 1.165) is 12.2 Å². The number of nitrogens with one attached hydrogen (secondary N) is 1. The van der Waals surface area contributed by atoms with Crippen molar-refractivity contribution in [2.45, 2.75) is 50.1 Å². The molecule has 0 spiro atoms. The summed E-state index contributed by atoms with van der Waals surface area (Å²) in [7, 11) is 0. The van der Waals surface area contributed by atoms with Gasteiger partial charge in [0.25, 0.3) is 0 Å². The van der Waals surface area contributed by atoms with Gasteiger partial charge in [-0.15, -0.1) is 0 Å². The summed E-state index contributed by atoms with van der Waals surface area (Å²) in [4.78, 5) is 0. The van der Waals surface area contributed by atoms with Crippen LogP contribution in [0, 0.1) is 0 Å². The van der Waals surface area contributed by atoms with Gasteiger partial charge in [0.1, 0.15) is 5.75 Å². The third-order valence-corrected chi connectivity index (χ3v) is 5.14. The van der Waals surface area contributed by atoms with Crippen LogP contribution < -0.4 is 5.32 Å². The van der Waals surface area contributed by atoms with Crippen LogP contribution in [0.4, 0.5) is 0 Å². The maximum absolute atomic E-state index is 9.36. The summed E-state index contributed by atoms with van der Waals surface area (Å²) in [5.74, 6) is 2.04. The number of hydrogen-bond acceptors (Lipinski definition) is 4. The molecule has 3 nitrogen and oxygen atoms in total. The van der Waals surface area contributed by atoms with Crippen LogP contribution in [0.2, 0.25) is 0 Å². The van der Waals surface area contributed by atoms with Gasteiger partial charge in [-0.25, -0.2) is 0 Å². The van der Waals surface area contributed by atoms with Gasteiger partial charge in [0, 0.05) is 24.4 Å². The van der Waals surface area contributed by atoms with Gasteiger partial charge in [-0.1, -0.05) is 12.1 Å². The molecule has 3 N–H and O–H groups in total. The van der Waals surface area contributed by atoms with Gasteiger partial charge >= 0.3 is 0 Å². The Bertz CT molecular complexity index is 396. The van der Waals surface area contributed by atoms with E-state index >= 15 is 0 Å². The number of phenolic OH excluding ortho intramolecular Hbond substituents is 1. The highest BCUT2D eigenvalue weighted by Gasteiger charge is 2.23. The second-order valence-electron chi connectivity index (χ2n) is 5.97. The Kier molecular flexibility index (Phi) is 6.87. The van der Waals surface area contributed by atoms with E-state index in [1.807, 2.05) is 11.8 Å². The minimum Gasteiger partial charge on any atom is -0.508 e. The molecule has 1 aliphatic carbocycles. The Morgan fingerprint density at radius 1 is 1.19 bits per heavy atom. The van der Waals surface area contributed by atoms with Gasteiger partial charge in [0.15, 0.2) is 0 Å². The van der Waals surface area contributed by atoms with Crippen LogP contribution in [0.3, 0.4) is 0 Å². The predicted molar refractivity (Wildman–Crippen MR) is 90.1 cm³/mol. The van der Waals surface area contributed by atoms with Crippen molar-refractivity contribution in [2.75, 3.05) is 18.6 Å². The number of hydrogen-bond donors (Lipinski definition) is 3. The molecule has 1 aromatic rings. The lowest BCUT2D eigenvalue weighted by Crippen LogP contribution is -2.42. The highest BCUT2D eigenvalue weighted by molar-refractivity contribution is 7.98. The average Bonchev–Trinajstić information content (AvgIpc) is 2.49. The number of aliphatic hydroxyl groups is 1. The molecule has 1 unspecified atom stereocenters. The van der Waals surface area contributed by atoms with E-state index in [0.29, 0.717) is 23.8 Å². The monoisotopic (exact) mass is 309 g/mol. The summed E-state index contributed by atoms with van der Waals surface area (Å²) < 4.78 is 0. The number of benzene rings is 1. The lowest BCUT2D eigenvalue weighted by Gasteiger charge is -2.32. The van der Waals surface area contributed by atoms with Crippen molar-refractivity contribution in [3.63, 3.8) is 0 Å². The maximum Gasteiger partial charge on any atom is 0.115 e. The molecule has 118 valence electrons. The zero-order valence-electron chi connectivity index (χ0n) is 12.8. The maximum atomic E-state index is 9.36. The zero-order valence-corrected chi connectivity index (χ0v) is 13.6. The van der Waals surface area contributed by atoms with E-state index in [1.54, 1.807) is 12.1 Å². The molecule has 0 aliphatic heterocycles. The van der Waals surface area contributed by atoms with Crippen molar-refractivity contribution in [3.05, 3.63) is 29.8 Å². The summed E-state index contributed by atoms with van der Waals surface area (Å²) in [6, 6.07) is 8.69. The summed E-state index contributed by atoms with van der Waals surface area (Å²) >= 11 is 1.84. The van der Waals surface area contributed by atoms with Gasteiger partial charge in [-0.2, -0.15) is 11.8 Å². The SMILES string of the molecule is CSCC(CCO)NC1CCC(c2ccc(O)cc2)CC1. The van der Waals surface area contributed by atoms with Gasteiger partial charge < -0.3 is 15.5 Å². The molecule has 0 radical (unpaired) electrons. The Labute approximate surface area is 132 Å². The minimum atomic E-state index is 0.265. The third-order valence-electron chi connectivity index (χ3n) is 4.41. The third kappa shape index (κ3) is 5.20. The Hall–Kier alpha value is -0.710. The van der Waals surface area contributed by atoms with Crippen molar-refractivity contribution in [1.29, 1.82) is 0 Å². The highest BCUT2D eigenvalue weighted by Crippen LogP contribution is 2.33. The molecule has 0 heterocycles. The summed E-state index contributed by atoms with van der Waals surface area (Å²) in [6.07, 6.45) is 7.76. The first kappa shape index (κ1) is 16.7. The second-order valence-corrected chi connectivity index (χ2v) is 6.88. The molecular weight excluding hydrogens is 282 g/mol. The summed E-state index contributed by atoms with van der Waals surface area (Å²) in [5.41, 5.74) is 1.35. The molecule has 21 heavy (non-hydrogen) atoms. The van der Waals surface area contributed by atoms with Gasteiger partial charge in [0.05, 0.1) is 0 Å². The Morgan fingerprint density at radius 2 is 1.86 bits per heavy atom. The van der Waals surface area contributed by atoms with Crippen LogP contribution in [0.15, 0.2) is 24.3 Å². The van der Waals surface area contributed by atoms with Crippen molar-refractivity contribution in [2.24, 2.45) is 0 Å². The van der Waals surface area contributed by atoms with Crippen molar-refractivity contribution < 1.29 is 10.2 Å². The van der Waals surface area contributed by atoms with E-state index in [1.165, 1.54) is 31.2 Å². The molecule has 1 atom stereocenters. The smallest absolute Gasteiger partial charge is 0.115 e. The Balaban J connectivity index is 1.80. The zero-order chi connectivity index (χ0) is 15.1. The van der Waals surface area contributed by atoms with Crippen LogP contribution >= 0.6 is 11.8 Å². The molecule has 0 aromatic heterocycles. The summed E-state index contributed by atoms with van der Waals surface area (Å²) in [6.45, 7) is 0.265. The van der Waals surface area contributed by atoms with Gasteiger partial charge in [0.2, 0.25) is 0 Å². The fourth-order valence-corrected chi connectivity index (χ4v) is 3.91. The lowest BCUT2D eigenvalue weighted by atomic mass is 9.81. The molecule has 1 saturated carbocycles. The molecule has 2 rings (SSSR count). The predicted octanol–water partition coefficient (Wildman–Crippen LogP) is 3.12. The van der Waals surface area contributed by atoms with Crippen LogP contribution in [0.1, 0.15) is 43.6 Å². The Morgan fingerprint density at radius 3 is 2.43 bits per heavy atom. The van der Waals surface area contributed by atoms with Crippen LogP contribution in [-0.4, -0.2) is 40.9 Å². The van der Waals surface area contributed by atoms with Crippen molar-refractivity contribution in [3.8, 4) is 5.75 Å². The lowest BCUT2D eigenvalue weighted by molar-refractivity contribution is 0.251. The van der Waals surface area contributed by atoms with Crippen LogP contribution in [-0.2, 0) is 0 Å². The largest absolute Gasteiger partial charge is 0.508 e. The molecular formula is C17H27NO2S. The molecule has 1 aromatic carbocycles. The fraction of sp³-hybridized carbons (Fsp3) is 0.647. The topological polar surface area (TPSA) is 52.5 Å². The minimum absolute atomic E-state index is 0.265. The molecule has 4 heteroatoms. The number of aliphatic hydroxyl groups excluding tert-OH is 1. The normalized spacial score (nSPS) is 23.9. The standard InChI is InChI=1S/C17H27NO2S/c1-21-12-16(10-11-19)18-15-6-2-13(3-7-15)14-4-8-17(20)9-5-14/h4-5,8-9,13,15-16,18-20H,2-3,6-7,10-12H2,1H3. The highest BCUT2D eigenvalue weighted by atomic mass is 32.2. The van der Waals surface area contributed by atoms with E-state index < -0.39 is 0 Å². The number of rotatable bonds is 7. The van der Waals surface area contributed by atoms with E-state index in [-0.39, 0.29) is 6.61 Å². The van der Waals surface area contributed by atoms with Gasteiger partial charge in [-0.3, -0.25) is 0 Å². The molecule has 0 saturated heterocycles. The van der Waals surface area contributed by atoms with Gasteiger partial charge in [-0.05, 0) is 62.0 Å². The molecule has 1 fully saturated rings. The number of phenols is 1. The number of aromatic hydroxyl groups is 1. The van der Waals surface area contributed by atoms with E-state index in [4.69, 9.17) is 5.11 Å². The first-order valence-corrected chi connectivity index (χ1v) is 9.27. The fourth-order valence-electron chi connectivity index (χ4n) is 3.25. The second kappa shape index (κ2) is 8.66. The first-order chi connectivity index (χ1) is 10.2. The van der Waals surface area contributed by atoms with E-state index in [2.05, 4.69) is 23.7 Å². The van der Waals surface area contributed by atoms with E-state index in [9.17, 15) is 5.11 Å². The summed E-state index contributed by atoms with van der Waals surface area (Å²) in [5, 5.41) is 22.2. The quantitative estimate of drug-likeness (QED) is 0.724. The van der Waals surface area contributed by atoms with Crippen LogP contribution in [0.5, 0.6) is 5.75 Å².